The Hall–Kier alpha value is -2.75. The second kappa shape index (κ2) is 6.43. The van der Waals surface area contributed by atoms with Crippen molar-refractivity contribution in [3.63, 3.8) is 0 Å². The fourth-order valence-corrected chi connectivity index (χ4v) is 1.75. The first-order valence-corrected chi connectivity index (χ1v) is 6.16. The van der Waals surface area contributed by atoms with Gasteiger partial charge in [-0.05, 0) is 17.7 Å². The van der Waals surface area contributed by atoms with Crippen molar-refractivity contribution in [2.45, 2.75) is 6.42 Å². The third-order valence-electron chi connectivity index (χ3n) is 2.81. The van der Waals surface area contributed by atoms with E-state index in [0.29, 0.717) is 5.56 Å². The van der Waals surface area contributed by atoms with E-state index in [1.54, 1.807) is 6.08 Å². The summed E-state index contributed by atoms with van der Waals surface area (Å²) in [5.74, 6) is -0.0629. The normalized spacial score (nSPS) is 10.6. The Kier molecular flexibility index (Phi) is 4.39. The van der Waals surface area contributed by atoms with Crippen LogP contribution in [-0.2, 0) is 0 Å². The maximum Gasteiger partial charge on any atom is 0.269 e. The third kappa shape index (κ3) is 3.62. The van der Waals surface area contributed by atoms with Crippen molar-refractivity contribution >= 4 is 17.5 Å². The molecule has 4 heteroatoms. The van der Waals surface area contributed by atoms with Gasteiger partial charge in [0.05, 0.1) is 4.92 Å². The minimum atomic E-state index is -0.483. The van der Waals surface area contributed by atoms with Gasteiger partial charge in [-0.1, -0.05) is 42.5 Å². The van der Waals surface area contributed by atoms with E-state index >= 15 is 0 Å². The Balaban J connectivity index is 1.98. The second-order valence-electron chi connectivity index (χ2n) is 4.24. The lowest BCUT2D eigenvalue weighted by Gasteiger charge is -1.97. The van der Waals surface area contributed by atoms with Gasteiger partial charge < -0.3 is 0 Å². The SMILES string of the molecule is O=C(CC=Cc1ccccc1)c1ccc([N+](=O)[O-])cc1. The highest BCUT2D eigenvalue weighted by Crippen LogP contribution is 2.13. The molecule has 0 aliphatic heterocycles. The molecule has 2 aromatic rings. The number of hydrogen-bond acceptors (Lipinski definition) is 3. The Labute approximate surface area is 116 Å². The summed E-state index contributed by atoms with van der Waals surface area (Å²) >= 11 is 0. The molecule has 0 aromatic heterocycles. The number of rotatable bonds is 5. The zero-order valence-electron chi connectivity index (χ0n) is 10.7. The number of nitro groups is 1. The average Bonchev–Trinajstić information content (AvgIpc) is 2.48. The minimum Gasteiger partial charge on any atom is -0.294 e. The van der Waals surface area contributed by atoms with E-state index in [1.807, 2.05) is 36.4 Å². The maximum atomic E-state index is 11.9. The number of carbonyl (C=O) groups is 1. The molecule has 0 atom stereocenters. The van der Waals surface area contributed by atoms with Crippen LogP contribution in [0.4, 0.5) is 5.69 Å². The van der Waals surface area contributed by atoms with Gasteiger partial charge in [-0.15, -0.1) is 0 Å². The predicted molar refractivity (Wildman–Crippen MR) is 77.5 cm³/mol. The Morgan fingerprint density at radius 3 is 2.30 bits per heavy atom. The molecule has 0 saturated heterocycles. The summed E-state index contributed by atoms with van der Waals surface area (Å²) in [5, 5.41) is 10.5. The molecule has 0 spiro atoms. The van der Waals surface area contributed by atoms with Crippen LogP contribution in [0.5, 0.6) is 0 Å². The van der Waals surface area contributed by atoms with Gasteiger partial charge >= 0.3 is 0 Å². The van der Waals surface area contributed by atoms with Crippen molar-refractivity contribution in [1.29, 1.82) is 0 Å². The third-order valence-corrected chi connectivity index (χ3v) is 2.81. The molecular formula is C16H13NO3. The van der Waals surface area contributed by atoms with Gasteiger partial charge in [0.15, 0.2) is 5.78 Å². The van der Waals surface area contributed by atoms with Gasteiger partial charge in [0.2, 0.25) is 0 Å². The summed E-state index contributed by atoms with van der Waals surface area (Å²) in [6, 6.07) is 15.3. The highest BCUT2D eigenvalue weighted by Gasteiger charge is 2.07. The Morgan fingerprint density at radius 1 is 1.05 bits per heavy atom. The van der Waals surface area contributed by atoms with Crippen LogP contribution in [0.25, 0.3) is 6.08 Å². The molecule has 0 bridgehead atoms. The summed E-state index contributed by atoms with van der Waals surface area (Å²) in [6.07, 6.45) is 3.94. The minimum absolute atomic E-state index is 0.0126. The van der Waals surface area contributed by atoms with E-state index in [9.17, 15) is 14.9 Å². The fraction of sp³-hybridized carbons (Fsp3) is 0.0625. The molecule has 0 saturated carbocycles. The predicted octanol–water partition coefficient (Wildman–Crippen LogP) is 3.88. The largest absolute Gasteiger partial charge is 0.294 e. The van der Waals surface area contributed by atoms with Crippen LogP contribution in [0, 0.1) is 10.1 Å². The van der Waals surface area contributed by atoms with Crippen molar-refractivity contribution in [3.05, 3.63) is 81.9 Å². The quantitative estimate of drug-likeness (QED) is 0.469. The maximum absolute atomic E-state index is 11.9. The second-order valence-corrected chi connectivity index (χ2v) is 4.24. The molecule has 4 nitrogen and oxygen atoms in total. The lowest BCUT2D eigenvalue weighted by atomic mass is 10.1. The van der Waals surface area contributed by atoms with Gasteiger partial charge in [0.25, 0.3) is 5.69 Å². The van der Waals surface area contributed by atoms with Crippen molar-refractivity contribution in [2.24, 2.45) is 0 Å². The molecule has 0 N–H and O–H groups in total. The summed E-state index contributed by atoms with van der Waals surface area (Å²) in [4.78, 5) is 21.9. The number of nitrogens with zero attached hydrogens (tertiary/aromatic N) is 1. The fourth-order valence-electron chi connectivity index (χ4n) is 1.75. The molecular weight excluding hydrogens is 254 g/mol. The van der Waals surface area contributed by atoms with Gasteiger partial charge in [-0.2, -0.15) is 0 Å². The lowest BCUT2D eigenvalue weighted by Crippen LogP contribution is -1.97. The molecule has 100 valence electrons. The molecule has 0 amide bonds. The number of nitro benzene ring substituents is 1. The average molecular weight is 267 g/mol. The molecule has 20 heavy (non-hydrogen) atoms. The number of ketones is 1. The summed E-state index contributed by atoms with van der Waals surface area (Å²) in [6.45, 7) is 0. The first-order chi connectivity index (χ1) is 9.66. The van der Waals surface area contributed by atoms with Crippen molar-refractivity contribution in [1.82, 2.24) is 0 Å². The Morgan fingerprint density at radius 2 is 1.70 bits per heavy atom. The van der Waals surface area contributed by atoms with Crippen LogP contribution < -0.4 is 0 Å². The number of benzene rings is 2. The van der Waals surface area contributed by atoms with E-state index < -0.39 is 4.92 Å². The first-order valence-electron chi connectivity index (χ1n) is 6.16. The number of hydrogen-bond donors (Lipinski definition) is 0. The number of carbonyl (C=O) groups excluding carboxylic acids is 1. The number of non-ortho nitro benzene ring substituents is 1. The monoisotopic (exact) mass is 267 g/mol. The van der Waals surface area contributed by atoms with Gasteiger partial charge in [-0.25, -0.2) is 0 Å². The zero-order valence-corrected chi connectivity index (χ0v) is 10.7. The highest BCUT2D eigenvalue weighted by atomic mass is 16.6. The molecule has 0 unspecified atom stereocenters. The van der Waals surface area contributed by atoms with Gasteiger partial charge in [0.1, 0.15) is 0 Å². The molecule has 0 radical (unpaired) electrons. The summed E-state index contributed by atoms with van der Waals surface area (Å²) < 4.78 is 0. The van der Waals surface area contributed by atoms with Crippen LogP contribution in [-0.4, -0.2) is 10.7 Å². The Bertz CT molecular complexity index is 631. The van der Waals surface area contributed by atoms with E-state index in [-0.39, 0.29) is 17.9 Å². The van der Waals surface area contributed by atoms with Crippen molar-refractivity contribution in [3.8, 4) is 0 Å². The van der Waals surface area contributed by atoms with E-state index in [4.69, 9.17) is 0 Å². The van der Waals surface area contributed by atoms with Crippen LogP contribution in [0.15, 0.2) is 60.7 Å². The number of allylic oxidation sites excluding steroid dienone is 1. The van der Waals surface area contributed by atoms with Crippen LogP contribution >= 0.6 is 0 Å². The van der Waals surface area contributed by atoms with Crippen LogP contribution in [0.2, 0.25) is 0 Å². The first kappa shape index (κ1) is 13.7. The summed E-state index contributed by atoms with van der Waals surface area (Å²) in [7, 11) is 0. The van der Waals surface area contributed by atoms with Gasteiger partial charge in [-0.3, -0.25) is 14.9 Å². The molecule has 0 heterocycles. The van der Waals surface area contributed by atoms with Gasteiger partial charge in [0, 0.05) is 24.1 Å². The highest BCUT2D eigenvalue weighted by molar-refractivity contribution is 5.97. The molecule has 0 aliphatic carbocycles. The molecule has 0 fully saturated rings. The lowest BCUT2D eigenvalue weighted by molar-refractivity contribution is -0.384. The number of Topliss-reactive ketones (excluding diaryl/α,β-unsaturated/α-hetero) is 1. The summed E-state index contributed by atoms with van der Waals surface area (Å²) in [5.41, 5.74) is 1.50. The standard InChI is InChI=1S/C16H13NO3/c18-16(8-4-7-13-5-2-1-3-6-13)14-9-11-15(12-10-14)17(19)20/h1-7,9-12H,8H2. The molecule has 2 rings (SSSR count). The zero-order chi connectivity index (χ0) is 14.4. The van der Waals surface area contributed by atoms with Crippen LogP contribution in [0.1, 0.15) is 22.3 Å². The molecule has 0 aliphatic rings. The van der Waals surface area contributed by atoms with Crippen LogP contribution in [0.3, 0.4) is 0 Å². The molecule has 2 aromatic carbocycles. The van der Waals surface area contributed by atoms with E-state index in [0.717, 1.165) is 5.56 Å². The van der Waals surface area contributed by atoms with Crippen molar-refractivity contribution in [2.75, 3.05) is 0 Å². The van der Waals surface area contributed by atoms with Crippen molar-refractivity contribution < 1.29 is 9.72 Å². The topological polar surface area (TPSA) is 60.2 Å². The van der Waals surface area contributed by atoms with E-state index in [1.165, 1.54) is 24.3 Å². The van der Waals surface area contributed by atoms with E-state index in [2.05, 4.69) is 0 Å². The smallest absolute Gasteiger partial charge is 0.269 e.